The lowest BCUT2D eigenvalue weighted by Crippen LogP contribution is -2.37. The Morgan fingerprint density at radius 2 is 1.85 bits per heavy atom. The normalized spacial score (nSPS) is 24.7. The van der Waals surface area contributed by atoms with Crippen molar-refractivity contribution in [3.8, 4) is 0 Å². The van der Waals surface area contributed by atoms with Crippen molar-refractivity contribution >= 4 is 0 Å². The topological polar surface area (TPSA) is 20.2 Å². The van der Waals surface area contributed by atoms with Gasteiger partial charge in [0.1, 0.15) is 0 Å². The van der Waals surface area contributed by atoms with Crippen molar-refractivity contribution in [3.63, 3.8) is 0 Å². The fraction of sp³-hybridized carbons (Fsp3) is 1.00. The number of hydrogen-bond donors (Lipinski definition) is 1. The van der Waals surface area contributed by atoms with Crippen LogP contribution in [0.25, 0.3) is 0 Å². The minimum atomic E-state index is -2.39. The summed E-state index contributed by atoms with van der Waals surface area (Å²) in [5, 5.41) is 9.83. The minimum Gasteiger partial charge on any atom is -0.390 e. The number of rotatable bonds is 3. The molecule has 0 aromatic heterocycles. The van der Waals surface area contributed by atoms with Crippen molar-refractivity contribution in [1.29, 1.82) is 0 Å². The molecule has 1 fully saturated rings. The Bertz CT molecular complexity index is 151. The average molecular weight is 192 g/mol. The molecular weight excluding hydrogens is 174 g/mol. The first-order valence-electron chi connectivity index (χ1n) is 5.03. The van der Waals surface area contributed by atoms with Crippen LogP contribution in [-0.2, 0) is 0 Å². The van der Waals surface area contributed by atoms with Gasteiger partial charge in [-0.05, 0) is 25.7 Å². The van der Waals surface area contributed by atoms with E-state index in [9.17, 15) is 13.9 Å². The molecule has 0 spiro atoms. The molecule has 1 N–H and O–H groups in total. The van der Waals surface area contributed by atoms with Gasteiger partial charge in [0, 0.05) is 6.42 Å². The van der Waals surface area contributed by atoms with Gasteiger partial charge in [-0.3, -0.25) is 0 Å². The third-order valence-electron chi connectivity index (χ3n) is 3.05. The summed E-state index contributed by atoms with van der Waals surface area (Å²) >= 11 is 0. The smallest absolute Gasteiger partial charge is 0.241 e. The van der Waals surface area contributed by atoms with Crippen molar-refractivity contribution < 1.29 is 13.9 Å². The number of halogens is 2. The molecule has 0 aromatic rings. The van der Waals surface area contributed by atoms with Crippen molar-refractivity contribution in [2.75, 3.05) is 0 Å². The summed E-state index contributed by atoms with van der Waals surface area (Å²) in [5.41, 5.74) is -1.16. The molecule has 1 nitrogen and oxygen atoms in total. The summed E-state index contributed by atoms with van der Waals surface area (Å²) in [5.74, 6) is 0.0789. The maximum atomic E-state index is 12.1. The van der Waals surface area contributed by atoms with Gasteiger partial charge in [-0.1, -0.05) is 19.3 Å². The van der Waals surface area contributed by atoms with Crippen LogP contribution in [0.2, 0.25) is 0 Å². The Morgan fingerprint density at radius 1 is 1.31 bits per heavy atom. The van der Waals surface area contributed by atoms with Crippen molar-refractivity contribution in [1.82, 2.24) is 0 Å². The molecule has 1 saturated carbocycles. The fourth-order valence-corrected chi connectivity index (χ4v) is 2.20. The van der Waals surface area contributed by atoms with E-state index >= 15 is 0 Å². The van der Waals surface area contributed by atoms with Gasteiger partial charge in [0.15, 0.2) is 0 Å². The summed E-state index contributed by atoms with van der Waals surface area (Å²) in [6.45, 7) is 1.55. The van der Waals surface area contributed by atoms with Crippen LogP contribution in [0.4, 0.5) is 8.78 Å². The summed E-state index contributed by atoms with van der Waals surface area (Å²) in [4.78, 5) is 0. The van der Waals surface area contributed by atoms with E-state index in [0.29, 0.717) is 0 Å². The van der Waals surface area contributed by atoms with Crippen LogP contribution < -0.4 is 0 Å². The van der Waals surface area contributed by atoms with Gasteiger partial charge in [-0.15, -0.1) is 0 Å². The molecule has 0 radical (unpaired) electrons. The molecule has 0 saturated heterocycles. The van der Waals surface area contributed by atoms with Gasteiger partial charge in [-0.2, -0.15) is 0 Å². The highest BCUT2D eigenvalue weighted by molar-refractivity contribution is 4.84. The number of aliphatic hydroxyl groups is 1. The summed E-state index contributed by atoms with van der Waals surface area (Å²) < 4.78 is 24.3. The predicted octanol–water partition coefficient (Wildman–Crippen LogP) is 2.97. The van der Waals surface area contributed by atoms with Gasteiger partial charge in [0.25, 0.3) is 0 Å². The number of alkyl halides is 2. The van der Waals surface area contributed by atoms with Gasteiger partial charge >= 0.3 is 0 Å². The third-order valence-corrected chi connectivity index (χ3v) is 3.05. The molecule has 0 amide bonds. The monoisotopic (exact) mass is 192 g/mol. The third kappa shape index (κ3) is 3.22. The molecule has 0 aliphatic heterocycles. The zero-order chi connectivity index (χ0) is 9.90. The molecule has 1 atom stereocenters. The predicted molar refractivity (Wildman–Crippen MR) is 47.8 cm³/mol. The molecule has 78 valence electrons. The van der Waals surface area contributed by atoms with Crippen LogP contribution in [0.1, 0.15) is 45.4 Å². The Labute approximate surface area is 78.1 Å². The van der Waals surface area contributed by atoms with Gasteiger partial charge in [0.05, 0.1) is 5.60 Å². The molecule has 1 rings (SSSR count). The van der Waals surface area contributed by atoms with Gasteiger partial charge in [-0.25, -0.2) is 8.78 Å². The number of hydrogen-bond acceptors (Lipinski definition) is 1. The summed E-state index contributed by atoms with van der Waals surface area (Å²) in [7, 11) is 0. The van der Waals surface area contributed by atoms with E-state index in [2.05, 4.69) is 0 Å². The van der Waals surface area contributed by atoms with Crippen LogP contribution in [-0.4, -0.2) is 17.1 Å². The van der Waals surface area contributed by atoms with Gasteiger partial charge < -0.3 is 5.11 Å². The average Bonchev–Trinajstić information content (AvgIpc) is 2.04. The zero-order valence-corrected chi connectivity index (χ0v) is 8.10. The highest BCUT2D eigenvalue weighted by Crippen LogP contribution is 2.35. The lowest BCUT2D eigenvalue weighted by atomic mass is 9.76. The minimum absolute atomic E-state index is 0.0789. The van der Waals surface area contributed by atoms with Crippen molar-refractivity contribution in [2.24, 2.45) is 5.92 Å². The molecule has 0 aromatic carbocycles. The van der Waals surface area contributed by atoms with Crippen molar-refractivity contribution in [2.45, 2.75) is 57.5 Å². The Balaban J connectivity index is 2.45. The Kier molecular flexibility index (Phi) is 3.65. The fourth-order valence-electron chi connectivity index (χ4n) is 2.20. The van der Waals surface area contributed by atoms with E-state index in [1.165, 1.54) is 6.42 Å². The van der Waals surface area contributed by atoms with E-state index in [1.807, 2.05) is 0 Å². The van der Waals surface area contributed by atoms with Crippen molar-refractivity contribution in [3.05, 3.63) is 0 Å². The van der Waals surface area contributed by atoms with E-state index in [-0.39, 0.29) is 12.3 Å². The Morgan fingerprint density at radius 3 is 2.31 bits per heavy atom. The van der Waals surface area contributed by atoms with Crippen LogP contribution in [0.15, 0.2) is 0 Å². The second-order valence-electron chi connectivity index (χ2n) is 4.29. The maximum Gasteiger partial charge on any atom is 0.241 e. The molecule has 0 bridgehead atoms. The van der Waals surface area contributed by atoms with E-state index in [0.717, 1.165) is 25.7 Å². The van der Waals surface area contributed by atoms with Gasteiger partial charge in [0.2, 0.25) is 6.43 Å². The molecule has 1 unspecified atom stereocenters. The maximum absolute atomic E-state index is 12.1. The molecule has 1 aliphatic rings. The van der Waals surface area contributed by atoms with E-state index in [1.54, 1.807) is 6.92 Å². The molecule has 13 heavy (non-hydrogen) atoms. The largest absolute Gasteiger partial charge is 0.390 e. The van der Waals surface area contributed by atoms with E-state index < -0.39 is 12.0 Å². The highest BCUT2D eigenvalue weighted by Gasteiger charge is 2.35. The van der Waals surface area contributed by atoms with E-state index in [4.69, 9.17) is 0 Å². The van der Waals surface area contributed by atoms with Crippen LogP contribution in [0, 0.1) is 5.92 Å². The van der Waals surface area contributed by atoms with Crippen LogP contribution in [0.3, 0.4) is 0 Å². The molecule has 0 heterocycles. The zero-order valence-electron chi connectivity index (χ0n) is 8.10. The summed E-state index contributed by atoms with van der Waals surface area (Å²) in [6, 6.07) is 0. The standard InChI is InChI=1S/C10H18F2O/c1-10(13,7-9(11)12)8-5-3-2-4-6-8/h8-9,13H,2-7H2,1H3. The second kappa shape index (κ2) is 4.36. The first-order chi connectivity index (χ1) is 6.02. The Hall–Kier alpha value is -0.180. The highest BCUT2D eigenvalue weighted by atomic mass is 19.3. The first-order valence-corrected chi connectivity index (χ1v) is 5.03. The summed E-state index contributed by atoms with van der Waals surface area (Å²) in [6.07, 6.45) is 2.36. The molecule has 3 heteroatoms. The molecular formula is C10H18F2O. The molecule has 1 aliphatic carbocycles. The SMILES string of the molecule is CC(O)(CC(F)F)C1CCCCC1. The second-order valence-corrected chi connectivity index (χ2v) is 4.29. The lowest BCUT2D eigenvalue weighted by molar-refractivity contribution is -0.0609. The first kappa shape index (κ1) is 10.9. The lowest BCUT2D eigenvalue weighted by Gasteiger charge is -2.35. The van der Waals surface area contributed by atoms with Crippen LogP contribution in [0.5, 0.6) is 0 Å². The quantitative estimate of drug-likeness (QED) is 0.728. The van der Waals surface area contributed by atoms with Crippen LogP contribution >= 0.6 is 0 Å².